The predicted molar refractivity (Wildman–Crippen MR) is 13.5 cm³/mol. The van der Waals surface area contributed by atoms with Crippen molar-refractivity contribution in [2.24, 2.45) is 0 Å². The van der Waals surface area contributed by atoms with Crippen molar-refractivity contribution in [3.05, 3.63) is 0 Å². The molecule has 6 heteroatoms. The Balaban J connectivity index is 0. The van der Waals surface area contributed by atoms with Gasteiger partial charge in [-0.2, -0.15) is 0 Å². The first-order valence-electron chi connectivity index (χ1n) is 0. The molecule has 0 aliphatic carbocycles. The van der Waals surface area contributed by atoms with E-state index in [0.29, 0.717) is 0 Å². The third kappa shape index (κ3) is 48.1. The fourth-order valence-corrected chi connectivity index (χ4v) is 0. The standard InChI is InChI=1S/B.K.4H2O/h;;4*1H2/q+3;+1;;;;/p-4. The van der Waals surface area contributed by atoms with Crippen LogP contribution in [0.4, 0.5) is 0 Å². The Hall–Kier alpha value is 1.54. The van der Waals surface area contributed by atoms with Crippen LogP contribution in [0.3, 0.4) is 0 Å². The Morgan fingerprint density at radius 1 is 0.500 bits per heavy atom. The number of hydrogen-bond donors (Lipinski definition) is 0. The van der Waals surface area contributed by atoms with Gasteiger partial charge in [0, 0.05) is 0 Å². The largest absolute Gasteiger partial charge is 3.00 e. The van der Waals surface area contributed by atoms with Crippen molar-refractivity contribution < 1.29 is 73.3 Å². The molecule has 0 radical (unpaired) electrons. The molecule has 4 nitrogen and oxygen atoms in total. The molecule has 0 rings (SSSR count). The summed E-state index contributed by atoms with van der Waals surface area (Å²) in [6, 6.07) is 0. The van der Waals surface area contributed by atoms with Gasteiger partial charge in [-0.3, -0.25) is 0 Å². The maximum Gasteiger partial charge on any atom is 3.00 e. The van der Waals surface area contributed by atoms with Gasteiger partial charge < -0.3 is 21.9 Å². The van der Waals surface area contributed by atoms with Crippen molar-refractivity contribution in [1.82, 2.24) is 0 Å². The van der Waals surface area contributed by atoms with Gasteiger partial charge in [-0.15, -0.1) is 0 Å². The van der Waals surface area contributed by atoms with Gasteiger partial charge in [-0.05, 0) is 0 Å². The van der Waals surface area contributed by atoms with Gasteiger partial charge in [0.15, 0.2) is 0 Å². The first-order chi connectivity index (χ1) is 0. The Morgan fingerprint density at radius 2 is 0.500 bits per heavy atom. The zero-order chi connectivity index (χ0) is 0. The first kappa shape index (κ1) is 136. The van der Waals surface area contributed by atoms with Crippen LogP contribution < -0.4 is 51.4 Å². The summed E-state index contributed by atoms with van der Waals surface area (Å²) in [6.45, 7) is 0. The normalized spacial score (nSPS) is 0. The minimum Gasteiger partial charge on any atom is -0.870 e. The molecule has 0 amide bonds. The zero-order valence-electron chi connectivity index (χ0n) is 3.37. The second kappa shape index (κ2) is 84.5. The average Bonchev–Trinajstić information content (AvgIpc) is 0. The molecule has 0 aromatic rings. The fourth-order valence-electron chi connectivity index (χ4n) is 0. The summed E-state index contributed by atoms with van der Waals surface area (Å²) in [5.74, 6) is 0. The fraction of sp³-hybridized carbons (Fsp3) is 0. The molecule has 0 spiro atoms. The molecule has 0 aromatic carbocycles. The van der Waals surface area contributed by atoms with Gasteiger partial charge in [-0.1, -0.05) is 0 Å². The van der Waals surface area contributed by atoms with Crippen molar-refractivity contribution >= 4 is 8.41 Å². The number of rotatable bonds is 0. The van der Waals surface area contributed by atoms with Crippen molar-refractivity contribution in [3.63, 3.8) is 0 Å². The molecule has 0 aliphatic rings. The van der Waals surface area contributed by atoms with Crippen LogP contribution in [0.25, 0.3) is 0 Å². The van der Waals surface area contributed by atoms with E-state index in [1.807, 2.05) is 0 Å². The van der Waals surface area contributed by atoms with E-state index in [1.54, 1.807) is 0 Å². The molecule has 0 fully saturated rings. The Labute approximate surface area is 80.5 Å². The Kier molecular flexibility index (Phi) is 1910. The monoisotopic (exact) mass is 118 g/mol. The molecule has 0 bridgehead atoms. The van der Waals surface area contributed by atoms with Crippen molar-refractivity contribution in [2.45, 2.75) is 0 Å². The van der Waals surface area contributed by atoms with E-state index in [1.165, 1.54) is 0 Å². The van der Waals surface area contributed by atoms with Gasteiger partial charge in [0.1, 0.15) is 0 Å². The molecule has 0 atom stereocenters. The topological polar surface area (TPSA) is 120 Å². The molecule has 4 N–H and O–H groups in total. The van der Waals surface area contributed by atoms with Crippen LogP contribution in [-0.4, -0.2) is 30.3 Å². The summed E-state index contributed by atoms with van der Waals surface area (Å²) in [5.41, 5.74) is 0. The smallest absolute Gasteiger partial charge is 0.870 e. The van der Waals surface area contributed by atoms with Crippen LogP contribution in [0.2, 0.25) is 0 Å². The summed E-state index contributed by atoms with van der Waals surface area (Å²) in [7, 11) is 0. The molecule has 0 saturated carbocycles. The summed E-state index contributed by atoms with van der Waals surface area (Å²) in [4.78, 5) is 0. The third-order valence-corrected chi connectivity index (χ3v) is 0. The van der Waals surface area contributed by atoms with E-state index in [9.17, 15) is 0 Å². The van der Waals surface area contributed by atoms with Gasteiger partial charge in [0.2, 0.25) is 0 Å². The second-order valence-electron chi connectivity index (χ2n) is 0. The van der Waals surface area contributed by atoms with Crippen LogP contribution in [0, 0.1) is 0 Å². The summed E-state index contributed by atoms with van der Waals surface area (Å²) >= 11 is 0. The quantitative estimate of drug-likeness (QED) is 0.300. The van der Waals surface area contributed by atoms with E-state index in [-0.39, 0.29) is 81.7 Å². The predicted octanol–water partition coefficient (Wildman–Crippen LogP) is -4.08. The third-order valence-electron chi connectivity index (χ3n) is 0. The minimum absolute atomic E-state index is 0. The van der Waals surface area contributed by atoms with E-state index < -0.39 is 0 Å². The van der Waals surface area contributed by atoms with Crippen LogP contribution in [0.1, 0.15) is 0 Å². The summed E-state index contributed by atoms with van der Waals surface area (Å²) in [6.07, 6.45) is 0. The van der Waals surface area contributed by atoms with Crippen molar-refractivity contribution in [1.29, 1.82) is 0 Å². The SMILES string of the molecule is [B+3].[K+].[OH-].[OH-].[OH-].[OH-]. The molecule has 32 valence electrons. The molecular weight excluding hydrogens is 114 g/mol. The van der Waals surface area contributed by atoms with Gasteiger partial charge >= 0.3 is 59.8 Å². The van der Waals surface area contributed by atoms with E-state index in [0.717, 1.165) is 0 Å². The molecule has 0 unspecified atom stereocenters. The molecular formula is H4BKO4. The molecule has 0 heterocycles. The van der Waals surface area contributed by atoms with Crippen LogP contribution in [0.5, 0.6) is 0 Å². The molecule has 6 heavy (non-hydrogen) atoms. The van der Waals surface area contributed by atoms with E-state index in [2.05, 4.69) is 0 Å². The van der Waals surface area contributed by atoms with Crippen LogP contribution >= 0.6 is 0 Å². The maximum atomic E-state index is 0. The zero-order valence-corrected chi connectivity index (χ0v) is 6.49. The van der Waals surface area contributed by atoms with Crippen molar-refractivity contribution in [3.8, 4) is 0 Å². The van der Waals surface area contributed by atoms with E-state index in [4.69, 9.17) is 0 Å². The first-order valence-corrected chi connectivity index (χ1v) is 0. The summed E-state index contributed by atoms with van der Waals surface area (Å²) < 4.78 is 0. The summed E-state index contributed by atoms with van der Waals surface area (Å²) in [5, 5.41) is 0. The molecule has 0 saturated heterocycles. The minimum atomic E-state index is 0. The molecule has 0 aliphatic heterocycles. The van der Waals surface area contributed by atoms with Gasteiger partial charge in [0.25, 0.3) is 0 Å². The van der Waals surface area contributed by atoms with Crippen LogP contribution in [0.15, 0.2) is 0 Å². The van der Waals surface area contributed by atoms with Crippen molar-refractivity contribution in [2.75, 3.05) is 0 Å². The van der Waals surface area contributed by atoms with E-state index >= 15 is 0 Å². The Morgan fingerprint density at radius 3 is 0.500 bits per heavy atom. The maximum absolute atomic E-state index is 0. The van der Waals surface area contributed by atoms with Gasteiger partial charge in [0.05, 0.1) is 0 Å². The molecule has 0 aromatic heterocycles. The Bertz CT molecular complexity index is 7.51. The van der Waals surface area contributed by atoms with Crippen LogP contribution in [-0.2, 0) is 0 Å². The number of hydrogen-bond acceptors (Lipinski definition) is 4. The van der Waals surface area contributed by atoms with Gasteiger partial charge in [-0.25, -0.2) is 0 Å². The second-order valence-corrected chi connectivity index (χ2v) is 0. The average molecular weight is 118 g/mol.